The van der Waals surface area contributed by atoms with Gasteiger partial charge in [0, 0.05) is 12.7 Å². The Kier molecular flexibility index (Phi) is 3.51. The van der Waals surface area contributed by atoms with E-state index in [4.69, 9.17) is 0 Å². The molecule has 2 N–H and O–H groups in total. The lowest BCUT2D eigenvalue weighted by Gasteiger charge is -2.14. The maximum atomic E-state index is 12.0. The van der Waals surface area contributed by atoms with Gasteiger partial charge in [-0.25, -0.2) is 0 Å². The van der Waals surface area contributed by atoms with Gasteiger partial charge < -0.3 is 10.6 Å². The molecule has 0 spiro atoms. The lowest BCUT2D eigenvalue weighted by molar-refractivity contribution is -0.123. The number of hydrogen-bond acceptors (Lipinski definition) is 3. The highest BCUT2D eigenvalue weighted by molar-refractivity contribution is 7.12. The fourth-order valence-electron chi connectivity index (χ4n) is 2.48. The Morgan fingerprint density at radius 2 is 1.86 bits per heavy atom. The Bertz CT molecular complexity index is 658. The molecule has 1 heterocycles. The molecule has 1 aromatic carbocycles. The zero-order chi connectivity index (χ0) is 14.9. The summed E-state index contributed by atoms with van der Waals surface area (Å²) in [5.74, 6) is -0.0388. The highest BCUT2D eigenvalue weighted by atomic mass is 32.1. The van der Waals surface area contributed by atoms with E-state index < -0.39 is 0 Å². The van der Waals surface area contributed by atoms with Crippen LogP contribution in [0.3, 0.4) is 0 Å². The number of rotatable bonds is 4. The van der Waals surface area contributed by atoms with Crippen molar-refractivity contribution in [1.29, 1.82) is 0 Å². The number of likely N-dealkylation sites (N-methyl/N-ethyl adjacent to an activating group) is 1. The average Bonchev–Trinajstić information content (AvgIpc) is 3.13. The van der Waals surface area contributed by atoms with Crippen LogP contribution in [0.25, 0.3) is 0 Å². The van der Waals surface area contributed by atoms with Crippen LogP contribution in [0.15, 0.2) is 41.8 Å². The molecule has 1 aromatic heterocycles. The maximum absolute atomic E-state index is 12.0. The Balaban J connectivity index is 1.73. The largest absolute Gasteiger partial charge is 0.358 e. The first kappa shape index (κ1) is 13.8. The number of amides is 2. The number of carbonyl (C=O) groups is 2. The van der Waals surface area contributed by atoms with E-state index in [1.807, 2.05) is 35.7 Å². The molecular weight excluding hydrogens is 284 g/mol. The second-order valence-electron chi connectivity index (χ2n) is 5.17. The summed E-state index contributed by atoms with van der Waals surface area (Å²) in [6.45, 7) is 0. The molecule has 5 heteroatoms. The zero-order valence-electron chi connectivity index (χ0n) is 11.7. The molecule has 1 fully saturated rings. The van der Waals surface area contributed by atoms with Crippen LogP contribution >= 0.6 is 11.3 Å². The van der Waals surface area contributed by atoms with Crippen LogP contribution in [0.2, 0.25) is 0 Å². The van der Waals surface area contributed by atoms with Crippen molar-refractivity contribution < 1.29 is 9.59 Å². The quantitative estimate of drug-likeness (QED) is 0.912. The minimum absolute atomic E-state index is 0.0675. The smallest absolute Gasteiger partial charge is 0.265 e. The first-order valence-electron chi connectivity index (χ1n) is 6.83. The molecule has 108 valence electrons. The molecule has 1 saturated carbocycles. The summed E-state index contributed by atoms with van der Waals surface area (Å²) in [6.07, 6.45) is 1.77. The fourth-order valence-corrected chi connectivity index (χ4v) is 3.10. The molecular formula is C16H16N2O2S. The molecule has 4 nitrogen and oxygen atoms in total. The van der Waals surface area contributed by atoms with Crippen LogP contribution < -0.4 is 10.6 Å². The molecule has 0 atom stereocenters. The molecule has 2 aromatic rings. The number of benzene rings is 1. The lowest BCUT2D eigenvalue weighted by atomic mass is 9.95. The van der Waals surface area contributed by atoms with Crippen LogP contribution in [0, 0.1) is 0 Å². The van der Waals surface area contributed by atoms with E-state index in [0.29, 0.717) is 4.88 Å². The van der Waals surface area contributed by atoms with Crippen LogP contribution in [-0.2, 0) is 10.2 Å². The van der Waals surface area contributed by atoms with Gasteiger partial charge in [-0.3, -0.25) is 9.59 Å². The molecule has 1 aliphatic rings. The average molecular weight is 300 g/mol. The molecule has 2 amide bonds. The predicted octanol–water partition coefficient (Wildman–Crippen LogP) is 2.78. The third kappa shape index (κ3) is 2.56. The Morgan fingerprint density at radius 1 is 1.14 bits per heavy atom. The van der Waals surface area contributed by atoms with E-state index >= 15 is 0 Å². The molecule has 3 rings (SSSR count). The van der Waals surface area contributed by atoms with Crippen molar-refractivity contribution in [1.82, 2.24) is 5.32 Å². The maximum Gasteiger partial charge on any atom is 0.265 e. The van der Waals surface area contributed by atoms with Gasteiger partial charge in [-0.15, -0.1) is 11.3 Å². The third-order valence-electron chi connectivity index (χ3n) is 3.85. The molecule has 0 radical (unpaired) electrons. The van der Waals surface area contributed by atoms with Crippen molar-refractivity contribution in [2.24, 2.45) is 0 Å². The Morgan fingerprint density at radius 3 is 2.38 bits per heavy atom. The van der Waals surface area contributed by atoms with Crippen LogP contribution in [-0.4, -0.2) is 18.9 Å². The predicted molar refractivity (Wildman–Crippen MR) is 83.7 cm³/mol. The zero-order valence-corrected chi connectivity index (χ0v) is 12.5. The van der Waals surface area contributed by atoms with Gasteiger partial charge in [-0.2, -0.15) is 0 Å². The molecule has 1 aliphatic carbocycles. The van der Waals surface area contributed by atoms with Gasteiger partial charge in [-0.1, -0.05) is 18.2 Å². The number of anilines is 1. The van der Waals surface area contributed by atoms with Gasteiger partial charge >= 0.3 is 0 Å². The minimum Gasteiger partial charge on any atom is -0.358 e. The standard InChI is InChI=1S/C16H16N2O2S/c1-17-15(20)16(8-9-16)11-4-6-12(7-5-11)18-14(19)13-3-2-10-21-13/h2-7,10H,8-9H2,1H3,(H,17,20)(H,18,19). The molecule has 0 aliphatic heterocycles. The van der Waals surface area contributed by atoms with E-state index in [9.17, 15) is 9.59 Å². The highest BCUT2D eigenvalue weighted by Crippen LogP contribution is 2.48. The summed E-state index contributed by atoms with van der Waals surface area (Å²) in [6, 6.07) is 11.2. The summed E-state index contributed by atoms with van der Waals surface area (Å²) in [5, 5.41) is 7.46. The third-order valence-corrected chi connectivity index (χ3v) is 4.72. The molecule has 21 heavy (non-hydrogen) atoms. The number of hydrogen-bond donors (Lipinski definition) is 2. The molecule has 0 unspecified atom stereocenters. The van der Waals surface area contributed by atoms with Crippen molar-refractivity contribution in [3.8, 4) is 0 Å². The summed E-state index contributed by atoms with van der Waals surface area (Å²) in [5.41, 5.74) is 1.39. The van der Waals surface area contributed by atoms with Crippen molar-refractivity contribution in [3.63, 3.8) is 0 Å². The number of thiophene rings is 1. The van der Waals surface area contributed by atoms with Gasteiger partial charge in [0.1, 0.15) is 0 Å². The Hall–Kier alpha value is -2.14. The second kappa shape index (κ2) is 5.33. The van der Waals surface area contributed by atoms with Gasteiger partial charge in [0.25, 0.3) is 5.91 Å². The van der Waals surface area contributed by atoms with Crippen molar-refractivity contribution in [3.05, 3.63) is 52.2 Å². The van der Waals surface area contributed by atoms with Gasteiger partial charge in [-0.05, 0) is 42.0 Å². The summed E-state index contributed by atoms with van der Waals surface area (Å²) in [7, 11) is 1.66. The highest BCUT2D eigenvalue weighted by Gasteiger charge is 2.50. The van der Waals surface area contributed by atoms with E-state index in [-0.39, 0.29) is 17.2 Å². The van der Waals surface area contributed by atoms with Crippen molar-refractivity contribution in [2.45, 2.75) is 18.3 Å². The van der Waals surface area contributed by atoms with Gasteiger partial charge in [0.15, 0.2) is 0 Å². The summed E-state index contributed by atoms with van der Waals surface area (Å²) >= 11 is 1.41. The van der Waals surface area contributed by atoms with Gasteiger partial charge in [0.2, 0.25) is 5.91 Å². The molecule has 0 bridgehead atoms. The van der Waals surface area contributed by atoms with Crippen LogP contribution in [0.5, 0.6) is 0 Å². The minimum atomic E-state index is -0.356. The van der Waals surface area contributed by atoms with E-state index in [0.717, 1.165) is 24.1 Å². The van der Waals surface area contributed by atoms with Crippen LogP contribution in [0.4, 0.5) is 5.69 Å². The SMILES string of the molecule is CNC(=O)C1(c2ccc(NC(=O)c3cccs3)cc2)CC1. The van der Waals surface area contributed by atoms with Crippen LogP contribution in [0.1, 0.15) is 28.1 Å². The summed E-state index contributed by atoms with van der Waals surface area (Å²) < 4.78 is 0. The lowest BCUT2D eigenvalue weighted by Crippen LogP contribution is -2.31. The first-order chi connectivity index (χ1) is 10.2. The second-order valence-corrected chi connectivity index (χ2v) is 6.12. The number of nitrogens with one attached hydrogen (secondary N) is 2. The van der Waals surface area contributed by atoms with Crippen molar-refractivity contribution in [2.75, 3.05) is 12.4 Å². The van der Waals surface area contributed by atoms with Gasteiger partial charge in [0.05, 0.1) is 10.3 Å². The Labute approximate surface area is 127 Å². The molecule has 0 saturated heterocycles. The number of carbonyl (C=O) groups excluding carboxylic acids is 2. The van der Waals surface area contributed by atoms with E-state index in [1.165, 1.54) is 11.3 Å². The first-order valence-corrected chi connectivity index (χ1v) is 7.71. The topological polar surface area (TPSA) is 58.2 Å². The fraction of sp³-hybridized carbons (Fsp3) is 0.250. The summed E-state index contributed by atoms with van der Waals surface area (Å²) in [4.78, 5) is 24.6. The van der Waals surface area contributed by atoms with Crippen molar-refractivity contribution >= 4 is 28.8 Å². The normalized spacial score (nSPS) is 15.3. The van der Waals surface area contributed by atoms with E-state index in [2.05, 4.69) is 10.6 Å². The van der Waals surface area contributed by atoms with E-state index in [1.54, 1.807) is 13.1 Å². The monoisotopic (exact) mass is 300 g/mol.